The molecule has 4 amide bonds. The van der Waals surface area contributed by atoms with E-state index in [1.54, 1.807) is 85.6 Å². The molecule has 4 saturated heterocycles. The SMILES string of the molecule is CC1CCC(NC(=O)c2cnc(N3CCC4(CC4)C3)nc2OCc2ccc(CO)c(Cl)c2)CC1.CC1CCC(NC(=O)c2cnc(N3CCCC34CC4)nc2OCc2ccc(CO)c(Cl)c2)CC1.Cc1ccc(CNC(=O)c2cnc(N3CCC4(CC3)CC4)nc2OCc2ccc(CO)c(Cl)c2)cc1.O=C(NCc1ncccn1)c1cnc(N2CCC3(CC3)C2)nc1OCc1ccc(CO)c(Cl)c1. The summed E-state index contributed by atoms with van der Waals surface area (Å²) in [5.74, 6) is 4.37. The van der Waals surface area contributed by atoms with Gasteiger partial charge in [0.25, 0.3) is 23.6 Å². The van der Waals surface area contributed by atoms with Crippen LogP contribution < -0.4 is 59.8 Å². The first-order valence-corrected chi connectivity index (χ1v) is 50.0. The Morgan fingerprint density at radius 2 is 0.725 bits per heavy atom. The molecule has 138 heavy (non-hydrogen) atoms. The van der Waals surface area contributed by atoms with Gasteiger partial charge < -0.3 is 80.2 Å². The lowest BCUT2D eigenvalue weighted by Gasteiger charge is -2.32. The maximum absolute atomic E-state index is 13.2. The lowest BCUT2D eigenvalue weighted by atomic mass is 9.87. The zero-order chi connectivity index (χ0) is 96.1. The molecule has 4 aliphatic heterocycles. The number of carbonyl (C=O) groups is 4. The lowest BCUT2D eigenvalue weighted by molar-refractivity contribution is 0.0908. The lowest BCUT2D eigenvalue weighted by Crippen LogP contribution is -2.38. The minimum absolute atomic E-state index is 0.114. The van der Waals surface area contributed by atoms with E-state index in [9.17, 15) is 39.6 Å². The van der Waals surface area contributed by atoms with E-state index in [1.807, 2.05) is 55.5 Å². The number of nitrogens with zero attached hydrogens (tertiary/aromatic N) is 14. The fourth-order valence-electron chi connectivity index (χ4n) is 19.1. The molecule has 0 atom stereocenters. The Labute approximate surface area is 825 Å². The molecule has 6 saturated carbocycles. The number of nitrogens with one attached hydrogen (secondary N) is 4. The molecule has 8 N–H and O–H groups in total. The van der Waals surface area contributed by atoms with E-state index >= 15 is 0 Å². The van der Waals surface area contributed by atoms with Crippen LogP contribution in [0.2, 0.25) is 20.1 Å². The van der Waals surface area contributed by atoms with Crippen LogP contribution in [0.1, 0.15) is 258 Å². The molecule has 6 aliphatic carbocycles. The number of aromatic nitrogens is 10. The van der Waals surface area contributed by atoms with Crippen molar-refractivity contribution >= 4 is 93.8 Å². The zero-order valence-corrected chi connectivity index (χ0v) is 81.5. The Bertz CT molecular complexity index is 5950. The van der Waals surface area contributed by atoms with Gasteiger partial charge in [-0.1, -0.05) is 139 Å². The molecule has 5 aromatic heterocycles. The predicted octanol–water partition coefficient (Wildman–Crippen LogP) is 16.9. The van der Waals surface area contributed by atoms with Gasteiger partial charge in [0.1, 0.15) is 54.5 Å². The second-order valence-corrected chi connectivity index (χ2v) is 40.9. The number of aliphatic hydroxyl groups excluding tert-OH is 4. The number of amides is 4. The summed E-state index contributed by atoms with van der Waals surface area (Å²) in [5, 5.41) is 51.4. The van der Waals surface area contributed by atoms with Gasteiger partial charge in [-0.15, -0.1) is 0 Å². The first-order valence-electron chi connectivity index (χ1n) is 48.5. The number of carbonyl (C=O) groups excluding carboxylic acids is 4. The van der Waals surface area contributed by atoms with Crippen molar-refractivity contribution in [1.82, 2.24) is 71.1 Å². The largest absolute Gasteiger partial charge is 0.472 e. The molecule has 0 unspecified atom stereocenters. The molecular formula is C104H122Cl4N18O12. The van der Waals surface area contributed by atoms with E-state index in [0.717, 1.165) is 151 Å². The van der Waals surface area contributed by atoms with Gasteiger partial charge in [0.2, 0.25) is 47.3 Å². The summed E-state index contributed by atoms with van der Waals surface area (Å²) < 4.78 is 24.3. The molecule has 5 aromatic carbocycles. The van der Waals surface area contributed by atoms with Crippen molar-refractivity contribution in [2.24, 2.45) is 28.1 Å². The van der Waals surface area contributed by atoms with Crippen molar-refractivity contribution in [1.29, 1.82) is 0 Å². The highest BCUT2D eigenvalue weighted by Gasteiger charge is 2.53. The molecule has 30 nitrogen and oxygen atoms in total. The monoisotopic (exact) mass is 1950 g/mol. The van der Waals surface area contributed by atoms with Gasteiger partial charge in [-0.25, -0.2) is 29.9 Å². The molecule has 9 heterocycles. The van der Waals surface area contributed by atoms with E-state index < -0.39 is 0 Å². The Hall–Kier alpha value is -11.2. The predicted molar refractivity (Wildman–Crippen MR) is 527 cm³/mol. The Kier molecular flexibility index (Phi) is 31.7. The third kappa shape index (κ3) is 25.1. The standard InChI is InChI=1S/C28H31ClN4O3.2C26H33ClN4O3.C24H25ClN6O3/c1-19-2-4-20(5-3-19)15-30-25(35)23-16-31-27(33-12-10-28(8-9-28)11-13-33)32-26(23)36-18-21-6-7-22(17-34)24(29)14-21;1-17-3-7-20(8-4-17)29-23(33)21-14-28-25(31-12-2-9-26(31)10-11-26)30-24(21)34-16-18-5-6-19(15-32)22(27)13-18;1-17-2-6-20(7-3-17)29-23(33)21-13-28-25(31-11-10-26(16-31)8-9-26)30-24(21)34-15-18-4-5-19(14-32)22(27)12-18;25-19-10-16(2-3-17(19)13-32)14-34-22-18(21(33)28-12-20-26-7-1-8-27-20)11-29-23(30-22)31-9-6-24(15-31)4-5-24/h2-7,14,16,34H,8-13,15,17-18H2,1H3,(H,30,35);5-6,13-14,17,20,32H,2-4,7-12,15-16H2,1H3,(H,29,33);4-5,12-13,17,20,32H,2-3,6-11,14-16H2,1H3,(H,29,33);1-3,7-8,10-11,32H,4-6,9,12-15H2,(H,28,33). The number of ether oxygens (including phenoxy) is 4. The van der Waals surface area contributed by atoms with Crippen LogP contribution in [0.15, 0.2) is 140 Å². The first-order chi connectivity index (χ1) is 66.9. The molecule has 0 radical (unpaired) electrons. The normalized spacial score (nSPS) is 19.6. The average Bonchev–Trinajstić information content (AvgIpc) is 1.55. The summed E-state index contributed by atoms with van der Waals surface area (Å²) in [5.41, 5.74) is 11.0. The van der Waals surface area contributed by atoms with Crippen LogP contribution in [-0.4, -0.2) is 157 Å². The summed E-state index contributed by atoms with van der Waals surface area (Å²) in [7, 11) is 0. The number of anilines is 4. The van der Waals surface area contributed by atoms with E-state index in [1.165, 1.54) is 76.0 Å². The molecule has 10 fully saturated rings. The first kappa shape index (κ1) is 98.4. The van der Waals surface area contributed by atoms with Crippen molar-refractivity contribution in [3.8, 4) is 23.5 Å². The molecule has 10 aromatic rings. The summed E-state index contributed by atoms with van der Waals surface area (Å²) in [6.07, 6.45) is 35.0. The van der Waals surface area contributed by atoms with Crippen molar-refractivity contribution in [3.63, 3.8) is 0 Å². The van der Waals surface area contributed by atoms with Crippen LogP contribution >= 0.6 is 46.4 Å². The molecule has 10 aliphatic rings. The second kappa shape index (κ2) is 44.5. The van der Waals surface area contributed by atoms with Gasteiger partial charge in [0.15, 0.2) is 0 Å². The van der Waals surface area contributed by atoms with Gasteiger partial charge in [-0.3, -0.25) is 19.2 Å². The van der Waals surface area contributed by atoms with E-state index in [0.29, 0.717) is 135 Å². The fourth-order valence-corrected chi connectivity index (χ4v) is 20.1. The Balaban J connectivity index is 0.000000127. The van der Waals surface area contributed by atoms with Gasteiger partial charge >= 0.3 is 0 Å². The minimum Gasteiger partial charge on any atom is -0.472 e. The van der Waals surface area contributed by atoms with Crippen LogP contribution in [0.4, 0.5) is 23.8 Å². The maximum Gasteiger partial charge on any atom is 0.258 e. The highest BCUT2D eigenvalue weighted by atomic mass is 35.5. The van der Waals surface area contributed by atoms with Crippen LogP contribution in [-0.2, 0) is 65.9 Å². The summed E-state index contributed by atoms with van der Waals surface area (Å²) >= 11 is 25.0. The number of piperidine rings is 1. The van der Waals surface area contributed by atoms with Gasteiger partial charge in [-0.2, -0.15) is 19.9 Å². The highest BCUT2D eigenvalue weighted by Crippen LogP contribution is 2.56. The number of halogens is 4. The van der Waals surface area contributed by atoms with Crippen LogP contribution in [0.5, 0.6) is 23.5 Å². The van der Waals surface area contributed by atoms with Crippen LogP contribution in [0, 0.1) is 35.0 Å². The number of aryl methyl sites for hydroxylation is 1. The second-order valence-electron chi connectivity index (χ2n) is 39.2. The van der Waals surface area contributed by atoms with Crippen LogP contribution in [0.25, 0.3) is 0 Å². The quantitative estimate of drug-likeness (QED) is 0.0207. The van der Waals surface area contributed by atoms with Gasteiger partial charge in [-0.05, 0) is 257 Å². The smallest absolute Gasteiger partial charge is 0.258 e. The maximum atomic E-state index is 13.2. The molecule has 728 valence electrons. The molecular weight excluding hydrogens is 1840 g/mol. The van der Waals surface area contributed by atoms with Crippen molar-refractivity contribution in [3.05, 3.63) is 244 Å². The number of rotatable bonds is 30. The van der Waals surface area contributed by atoms with Gasteiger partial charge in [0.05, 0.1) is 33.0 Å². The van der Waals surface area contributed by atoms with E-state index in [2.05, 4.69) is 94.6 Å². The number of hydrogen-bond donors (Lipinski definition) is 8. The van der Waals surface area contributed by atoms with Crippen molar-refractivity contribution in [2.45, 2.75) is 246 Å². The summed E-state index contributed by atoms with van der Waals surface area (Å²) in [6, 6.07) is 31.6. The molecule has 20 rings (SSSR count). The topological polar surface area (TPSA) is 376 Å². The average molecular weight is 1960 g/mol. The van der Waals surface area contributed by atoms with E-state index in [4.69, 9.17) is 75.3 Å². The molecule has 0 bridgehead atoms. The molecule has 34 heteroatoms. The fraction of sp³-hybridized carbons (Fsp3) is 0.481. The highest BCUT2D eigenvalue weighted by molar-refractivity contribution is 6.32. The molecule has 4 spiro atoms. The third-order valence-corrected chi connectivity index (χ3v) is 30.4. The van der Waals surface area contributed by atoms with Crippen molar-refractivity contribution < 1.29 is 58.6 Å². The number of benzene rings is 5. The summed E-state index contributed by atoms with van der Waals surface area (Å²) in [6.45, 7) is 13.9. The third-order valence-electron chi connectivity index (χ3n) is 29.0. The van der Waals surface area contributed by atoms with Crippen LogP contribution in [0.3, 0.4) is 0 Å². The summed E-state index contributed by atoms with van der Waals surface area (Å²) in [4.78, 5) is 106. The van der Waals surface area contributed by atoms with E-state index in [-0.39, 0.29) is 118 Å². The van der Waals surface area contributed by atoms with Crippen molar-refractivity contribution in [2.75, 3.05) is 65.4 Å². The minimum atomic E-state index is -0.372. The zero-order valence-electron chi connectivity index (χ0n) is 78.5. The number of hydrogen-bond acceptors (Lipinski definition) is 26. The van der Waals surface area contributed by atoms with Gasteiger partial charge in [0, 0.05) is 127 Å². The Morgan fingerprint density at radius 1 is 0.384 bits per heavy atom. The number of aliphatic hydroxyl groups is 4. The Morgan fingerprint density at radius 3 is 1.09 bits per heavy atom.